The first kappa shape index (κ1) is 25.9. The molecule has 0 saturated carbocycles. The number of nitrogens with zero attached hydrogens (tertiary/aromatic N) is 1. The van der Waals surface area contributed by atoms with E-state index < -0.39 is 36.2 Å². The van der Waals surface area contributed by atoms with Crippen LogP contribution in [0.4, 0.5) is 0 Å². The number of rotatable bonds is 9. The summed E-state index contributed by atoms with van der Waals surface area (Å²) in [5.74, 6) is -0.475. The van der Waals surface area contributed by atoms with Gasteiger partial charge in [0.05, 0.1) is 12.1 Å². The summed E-state index contributed by atoms with van der Waals surface area (Å²) in [6, 6.07) is 11.3. The third-order valence-corrected chi connectivity index (χ3v) is 5.85. The zero-order valence-corrected chi connectivity index (χ0v) is 20.7. The van der Waals surface area contributed by atoms with Crippen LogP contribution < -0.4 is 20.7 Å². The SMILES string of the molecule is COc1ccc(C(=O)c2ccccc2Cl)cc1OCC(=O)OC[C@@H]1C=C[C@H](n2cc(C)c(=O)[nH]c2=O)O1. The van der Waals surface area contributed by atoms with Crippen molar-refractivity contribution in [3.05, 3.63) is 103 Å². The average Bonchev–Trinajstić information content (AvgIpc) is 3.37. The van der Waals surface area contributed by atoms with Crippen LogP contribution in [0.1, 0.15) is 27.7 Å². The number of aromatic nitrogens is 2. The highest BCUT2D eigenvalue weighted by molar-refractivity contribution is 6.35. The molecule has 0 saturated heterocycles. The van der Waals surface area contributed by atoms with E-state index in [1.54, 1.807) is 55.5 Å². The van der Waals surface area contributed by atoms with Crippen LogP contribution in [-0.2, 0) is 14.3 Å². The minimum atomic E-state index is -0.745. The van der Waals surface area contributed by atoms with Crippen molar-refractivity contribution in [3.63, 3.8) is 0 Å². The Balaban J connectivity index is 1.34. The molecule has 1 aliphatic heterocycles. The molecular formula is C26H23ClN2O8. The van der Waals surface area contributed by atoms with Gasteiger partial charge in [0.1, 0.15) is 12.7 Å². The van der Waals surface area contributed by atoms with Crippen LogP contribution in [0.2, 0.25) is 5.02 Å². The first-order valence-corrected chi connectivity index (χ1v) is 11.6. The van der Waals surface area contributed by atoms with Crippen molar-refractivity contribution >= 4 is 23.4 Å². The molecular weight excluding hydrogens is 504 g/mol. The molecule has 0 aliphatic carbocycles. The number of benzene rings is 2. The van der Waals surface area contributed by atoms with Gasteiger partial charge in [-0.25, -0.2) is 9.59 Å². The largest absolute Gasteiger partial charge is 0.493 e. The van der Waals surface area contributed by atoms with Crippen molar-refractivity contribution in [1.82, 2.24) is 9.55 Å². The number of aryl methyl sites for hydroxylation is 1. The van der Waals surface area contributed by atoms with Gasteiger partial charge in [-0.1, -0.05) is 29.8 Å². The van der Waals surface area contributed by atoms with Crippen LogP contribution in [0.15, 0.2) is 70.4 Å². The van der Waals surface area contributed by atoms with Crippen molar-refractivity contribution in [1.29, 1.82) is 0 Å². The number of carbonyl (C=O) groups excluding carboxylic acids is 2. The van der Waals surface area contributed by atoms with Crippen molar-refractivity contribution in [2.45, 2.75) is 19.3 Å². The molecule has 0 fully saturated rings. The lowest BCUT2D eigenvalue weighted by Crippen LogP contribution is -2.33. The van der Waals surface area contributed by atoms with Gasteiger partial charge < -0.3 is 18.9 Å². The highest BCUT2D eigenvalue weighted by Crippen LogP contribution is 2.30. The lowest BCUT2D eigenvalue weighted by molar-refractivity contribution is -0.150. The van der Waals surface area contributed by atoms with Crippen LogP contribution in [0.25, 0.3) is 0 Å². The van der Waals surface area contributed by atoms with E-state index in [4.69, 9.17) is 30.5 Å². The van der Waals surface area contributed by atoms with E-state index in [-0.39, 0.29) is 18.1 Å². The molecule has 11 heteroatoms. The molecule has 37 heavy (non-hydrogen) atoms. The zero-order valence-electron chi connectivity index (χ0n) is 19.9. The quantitative estimate of drug-likeness (QED) is 0.256. The fourth-order valence-electron chi connectivity index (χ4n) is 3.60. The number of esters is 1. The average molecular weight is 527 g/mol. The molecule has 1 N–H and O–H groups in total. The molecule has 1 aromatic heterocycles. The third-order valence-electron chi connectivity index (χ3n) is 5.52. The molecule has 10 nitrogen and oxygen atoms in total. The molecule has 0 amide bonds. The molecule has 2 atom stereocenters. The predicted molar refractivity (Wildman–Crippen MR) is 133 cm³/mol. The second kappa shape index (κ2) is 11.3. The Bertz CT molecular complexity index is 1480. The van der Waals surface area contributed by atoms with E-state index in [0.717, 1.165) is 0 Å². The lowest BCUT2D eigenvalue weighted by Gasteiger charge is -2.17. The summed E-state index contributed by atoms with van der Waals surface area (Å²) in [6.07, 6.45) is 3.33. The Kier molecular flexibility index (Phi) is 7.90. The maximum Gasteiger partial charge on any atom is 0.344 e. The van der Waals surface area contributed by atoms with Gasteiger partial charge in [-0.2, -0.15) is 0 Å². The van der Waals surface area contributed by atoms with Gasteiger partial charge in [-0.3, -0.25) is 19.1 Å². The number of H-pyrrole nitrogens is 1. The smallest absolute Gasteiger partial charge is 0.344 e. The van der Waals surface area contributed by atoms with Gasteiger partial charge in [0.15, 0.2) is 30.1 Å². The Morgan fingerprint density at radius 1 is 1.11 bits per heavy atom. The number of carbonyl (C=O) groups is 2. The number of hydrogen-bond donors (Lipinski definition) is 1. The summed E-state index contributed by atoms with van der Waals surface area (Å²) in [6.45, 7) is 1.01. The van der Waals surface area contributed by atoms with Crippen LogP contribution >= 0.6 is 11.6 Å². The third kappa shape index (κ3) is 5.99. The maximum absolute atomic E-state index is 12.9. The highest BCUT2D eigenvalue weighted by atomic mass is 35.5. The molecule has 2 aromatic carbocycles. The summed E-state index contributed by atoms with van der Waals surface area (Å²) < 4.78 is 23.0. The normalized spacial score (nSPS) is 16.4. The molecule has 2 heterocycles. The molecule has 3 aromatic rings. The summed E-state index contributed by atoms with van der Waals surface area (Å²) in [4.78, 5) is 51.0. The Morgan fingerprint density at radius 2 is 1.89 bits per heavy atom. The number of aromatic amines is 1. The molecule has 0 bridgehead atoms. The molecule has 192 valence electrons. The number of ether oxygens (including phenoxy) is 4. The van der Waals surface area contributed by atoms with Crippen molar-refractivity contribution in [3.8, 4) is 11.5 Å². The molecule has 0 unspecified atom stereocenters. The number of ketones is 1. The highest BCUT2D eigenvalue weighted by Gasteiger charge is 2.23. The number of methoxy groups -OCH3 is 1. The monoisotopic (exact) mass is 526 g/mol. The summed E-state index contributed by atoms with van der Waals surface area (Å²) >= 11 is 6.14. The van der Waals surface area contributed by atoms with Gasteiger partial charge in [-0.15, -0.1) is 0 Å². The van der Waals surface area contributed by atoms with Crippen LogP contribution in [-0.4, -0.2) is 47.7 Å². The Labute approximate surface area is 216 Å². The van der Waals surface area contributed by atoms with Gasteiger partial charge >= 0.3 is 11.7 Å². The van der Waals surface area contributed by atoms with Crippen LogP contribution in [0.3, 0.4) is 0 Å². The first-order chi connectivity index (χ1) is 17.8. The number of hydrogen-bond acceptors (Lipinski definition) is 8. The van der Waals surface area contributed by atoms with Crippen molar-refractivity contribution < 1.29 is 28.5 Å². The van der Waals surface area contributed by atoms with Gasteiger partial charge in [-0.05, 0) is 43.3 Å². The molecule has 0 spiro atoms. The number of nitrogens with one attached hydrogen (secondary N) is 1. The minimum Gasteiger partial charge on any atom is -0.493 e. The van der Waals surface area contributed by atoms with Crippen LogP contribution in [0, 0.1) is 6.92 Å². The maximum atomic E-state index is 12.9. The van der Waals surface area contributed by atoms with E-state index in [2.05, 4.69) is 4.98 Å². The second-order valence-electron chi connectivity index (χ2n) is 8.07. The second-order valence-corrected chi connectivity index (χ2v) is 8.48. The van der Waals surface area contributed by atoms with Gasteiger partial charge in [0, 0.05) is 22.9 Å². The van der Waals surface area contributed by atoms with Crippen molar-refractivity contribution in [2.75, 3.05) is 20.3 Å². The first-order valence-electron chi connectivity index (χ1n) is 11.2. The summed E-state index contributed by atoms with van der Waals surface area (Å²) in [5.41, 5.74) is -0.0799. The summed E-state index contributed by atoms with van der Waals surface area (Å²) in [5, 5.41) is 0.320. The minimum absolute atomic E-state index is 0.117. The van der Waals surface area contributed by atoms with Crippen molar-refractivity contribution in [2.24, 2.45) is 0 Å². The van der Waals surface area contributed by atoms with Gasteiger partial charge in [0.2, 0.25) is 0 Å². The number of halogens is 1. The fourth-order valence-corrected chi connectivity index (χ4v) is 3.82. The standard InChI is InChI=1S/C26H23ClN2O8/c1-15-12-29(26(33)28-25(15)32)22-10-8-17(37-22)13-36-23(30)14-35-21-11-16(7-9-20(21)34-2)24(31)18-5-3-4-6-19(18)27/h3-12,17,22H,13-14H2,1-2H3,(H,28,32,33)/t17-,22+/m0/s1. The Morgan fingerprint density at radius 3 is 2.65 bits per heavy atom. The van der Waals surface area contributed by atoms with E-state index in [1.165, 1.54) is 23.9 Å². The lowest BCUT2D eigenvalue weighted by atomic mass is 10.0. The Hall–Kier alpha value is -4.15. The van der Waals surface area contributed by atoms with Crippen LogP contribution in [0.5, 0.6) is 11.5 Å². The van der Waals surface area contributed by atoms with E-state index in [1.807, 2.05) is 0 Å². The fraction of sp³-hybridized carbons (Fsp3) is 0.231. The van der Waals surface area contributed by atoms with E-state index >= 15 is 0 Å². The summed E-state index contributed by atoms with van der Waals surface area (Å²) in [7, 11) is 1.44. The van der Waals surface area contributed by atoms with E-state index in [0.29, 0.717) is 27.5 Å². The van der Waals surface area contributed by atoms with E-state index in [9.17, 15) is 19.2 Å². The van der Waals surface area contributed by atoms with Gasteiger partial charge in [0.25, 0.3) is 5.56 Å². The molecule has 0 radical (unpaired) electrons. The zero-order chi connectivity index (χ0) is 26.5. The molecule has 4 rings (SSSR count). The topological polar surface area (TPSA) is 126 Å². The predicted octanol–water partition coefficient (Wildman–Crippen LogP) is 2.81. The molecule has 1 aliphatic rings.